The van der Waals surface area contributed by atoms with Crippen molar-refractivity contribution in [1.29, 1.82) is 0 Å². The summed E-state index contributed by atoms with van der Waals surface area (Å²) >= 11 is 0. The fraction of sp³-hybridized carbons (Fsp3) is 0.133. The number of ether oxygens (including phenoxy) is 1. The lowest BCUT2D eigenvalue weighted by Gasteiger charge is -2.06. The van der Waals surface area contributed by atoms with Gasteiger partial charge >= 0.3 is 5.97 Å². The van der Waals surface area contributed by atoms with E-state index in [9.17, 15) is 9.18 Å². The molecule has 2 aromatic carbocycles. The fourth-order valence-corrected chi connectivity index (χ4v) is 1.65. The molecule has 0 aliphatic heterocycles. The molecule has 0 spiro atoms. The highest BCUT2D eigenvalue weighted by Crippen LogP contribution is 2.13. The standard InChI is InChI=1S/C15H13FO3/c16-14-8-12(15(17)18)6-7-13(14)10-19-9-11-4-2-1-3-5-11/h1-8H,9-10H2,(H,17,18). The number of rotatable bonds is 5. The Morgan fingerprint density at radius 2 is 1.84 bits per heavy atom. The van der Waals surface area contributed by atoms with Crippen molar-refractivity contribution in [1.82, 2.24) is 0 Å². The van der Waals surface area contributed by atoms with Gasteiger partial charge < -0.3 is 9.84 Å². The molecule has 0 aliphatic carbocycles. The first-order valence-electron chi connectivity index (χ1n) is 5.80. The highest BCUT2D eigenvalue weighted by molar-refractivity contribution is 5.87. The van der Waals surface area contributed by atoms with Gasteiger partial charge in [-0.25, -0.2) is 9.18 Å². The van der Waals surface area contributed by atoms with Crippen LogP contribution in [-0.2, 0) is 18.0 Å². The summed E-state index contributed by atoms with van der Waals surface area (Å²) in [5, 5.41) is 8.73. The summed E-state index contributed by atoms with van der Waals surface area (Å²) in [4.78, 5) is 10.7. The number of carbonyl (C=O) groups is 1. The largest absolute Gasteiger partial charge is 0.478 e. The fourth-order valence-electron chi connectivity index (χ4n) is 1.65. The molecule has 0 fully saturated rings. The molecular weight excluding hydrogens is 247 g/mol. The number of hydrogen-bond acceptors (Lipinski definition) is 2. The van der Waals surface area contributed by atoms with Gasteiger partial charge in [-0.3, -0.25) is 0 Å². The second-order valence-electron chi connectivity index (χ2n) is 4.09. The van der Waals surface area contributed by atoms with Crippen LogP contribution >= 0.6 is 0 Å². The first-order valence-corrected chi connectivity index (χ1v) is 5.80. The lowest BCUT2D eigenvalue weighted by atomic mass is 10.1. The third-order valence-electron chi connectivity index (χ3n) is 2.67. The van der Waals surface area contributed by atoms with Gasteiger partial charge in [0, 0.05) is 5.56 Å². The molecule has 3 nitrogen and oxygen atoms in total. The van der Waals surface area contributed by atoms with Crippen molar-refractivity contribution < 1.29 is 19.0 Å². The van der Waals surface area contributed by atoms with Gasteiger partial charge in [0.2, 0.25) is 0 Å². The summed E-state index contributed by atoms with van der Waals surface area (Å²) in [6.07, 6.45) is 0. The van der Waals surface area contributed by atoms with E-state index in [2.05, 4.69) is 0 Å². The molecule has 0 atom stereocenters. The molecule has 2 rings (SSSR count). The van der Waals surface area contributed by atoms with Crippen molar-refractivity contribution in [2.24, 2.45) is 0 Å². The predicted molar refractivity (Wildman–Crippen MR) is 68.3 cm³/mol. The highest BCUT2D eigenvalue weighted by Gasteiger charge is 2.08. The molecule has 0 radical (unpaired) electrons. The summed E-state index contributed by atoms with van der Waals surface area (Å²) in [5.41, 5.74) is 1.29. The van der Waals surface area contributed by atoms with Gasteiger partial charge in [-0.05, 0) is 17.7 Å². The van der Waals surface area contributed by atoms with E-state index in [4.69, 9.17) is 9.84 Å². The highest BCUT2D eigenvalue weighted by atomic mass is 19.1. The average molecular weight is 260 g/mol. The molecule has 2 aromatic rings. The van der Waals surface area contributed by atoms with Crippen LogP contribution in [0.15, 0.2) is 48.5 Å². The summed E-state index contributed by atoms with van der Waals surface area (Å²) in [7, 11) is 0. The minimum atomic E-state index is -1.14. The number of hydrogen-bond donors (Lipinski definition) is 1. The van der Waals surface area contributed by atoms with E-state index in [0.29, 0.717) is 12.2 Å². The van der Waals surface area contributed by atoms with Crippen LogP contribution in [0.4, 0.5) is 4.39 Å². The molecule has 0 unspecified atom stereocenters. The Kier molecular flexibility index (Phi) is 4.26. The van der Waals surface area contributed by atoms with Crippen molar-refractivity contribution in [3.8, 4) is 0 Å². The minimum Gasteiger partial charge on any atom is -0.478 e. The van der Waals surface area contributed by atoms with Crippen molar-refractivity contribution in [3.05, 3.63) is 71.0 Å². The molecule has 4 heteroatoms. The zero-order chi connectivity index (χ0) is 13.7. The summed E-state index contributed by atoms with van der Waals surface area (Å²) in [6.45, 7) is 0.502. The van der Waals surface area contributed by atoms with Gasteiger partial charge in [0.1, 0.15) is 5.82 Å². The Morgan fingerprint density at radius 3 is 2.47 bits per heavy atom. The van der Waals surface area contributed by atoms with Crippen LogP contribution < -0.4 is 0 Å². The Labute approximate surface area is 110 Å². The molecule has 1 N–H and O–H groups in total. The van der Waals surface area contributed by atoms with E-state index in [0.717, 1.165) is 11.6 Å². The van der Waals surface area contributed by atoms with Crippen molar-refractivity contribution in [2.75, 3.05) is 0 Å². The molecule has 0 aliphatic rings. The SMILES string of the molecule is O=C(O)c1ccc(COCc2ccccc2)c(F)c1. The zero-order valence-corrected chi connectivity index (χ0v) is 10.2. The third kappa shape index (κ3) is 3.63. The number of benzene rings is 2. The summed E-state index contributed by atoms with van der Waals surface area (Å²) < 4.78 is 19.0. The summed E-state index contributed by atoms with van der Waals surface area (Å²) in [5.74, 6) is -1.70. The Hall–Kier alpha value is -2.20. The second kappa shape index (κ2) is 6.11. The maximum absolute atomic E-state index is 13.6. The van der Waals surface area contributed by atoms with Gasteiger partial charge in [0.05, 0.1) is 18.8 Å². The second-order valence-corrected chi connectivity index (χ2v) is 4.09. The van der Waals surface area contributed by atoms with Gasteiger partial charge in [-0.15, -0.1) is 0 Å². The van der Waals surface area contributed by atoms with Crippen molar-refractivity contribution in [3.63, 3.8) is 0 Å². The molecule has 0 bridgehead atoms. The normalized spacial score (nSPS) is 10.4. The minimum absolute atomic E-state index is 0.0655. The van der Waals surface area contributed by atoms with Crippen LogP contribution in [-0.4, -0.2) is 11.1 Å². The number of aromatic carboxylic acids is 1. The quantitative estimate of drug-likeness (QED) is 0.897. The van der Waals surface area contributed by atoms with E-state index >= 15 is 0 Å². The number of carboxylic acid groups (broad SMARTS) is 1. The van der Waals surface area contributed by atoms with Crippen LogP contribution in [0.25, 0.3) is 0 Å². The Balaban J connectivity index is 1.95. The molecule has 0 aromatic heterocycles. The Morgan fingerprint density at radius 1 is 1.11 bits per heavy atom. The zero-order valence-electron chi connectivity index (χ0n) is 10.2. The molecule has 0 saturated heterocycles. The molecule has 0 amide bonds. The van der Waals surface area contributed by atoms with Crippen LogP contribution in [0.2, 0.25) is 0 Å². The lowest BCUT2D eigenvalue weighted by Crippen LogP contribution is -2.01. The van der Waals surface area contributed by atoms with Gasteiger partial charge in [-0.2, -0.15) is 0 Å². The first-order chi connectivity index (χ1) is 9.16. The maximum Gasteiger partial charge on any atom is 0.335 e. The van der Waals surface area contributed by atoms with Crippen LogP contribution in [0.1, 0.15) is 21.5 Å². The Bertz CT molecular complexity index is 567. The summed E-state index contributed by atoms with van der Waals surface area (Å²) in [6, 6.07) is 13.4. The monoisotopic (exact) mass is 260 g/mol. The predicted octanol–water partition coefficient (Wildman–Crippen LogP) is 3.24. The van der Waals surface area contributed by atoms with Gasteiger partial charge in [-0.1, -0.05) is 36.4 Å². The van der Waals surface area contributed by atoms with Crippen molar-refractivity contribution >= 4 is 5.97 Å². The van der Waals surface area contributed by atoms with E-state index in [-0.39, 0.29) is 12.2 Å². The third-order valence-corrected chi connectivity index (χ3v) is 2.67. The van der Waals surface area contributed by atoms with Crippen molar-refractivity contribution in [2.45, 2.75) is 13.2 Å². The molecule has 98 valence electrons. The van der Waals surface area contributed by atoms with Gasteiger partial charge in [0.15, 0.2) is 0 Å². The van der Waals surface area contributed by atoms with E-state index in [1.807, 2.05) is 30.3 Å². The topological polar surface area (TPSA) is 46.5 Å². The smallest absolute Gasteiger partial charge is 0.335 e. The number of carboxylic acids is 1. The molecule has 0 heterocycles. The number of halogens is 1. The average Bonchev–Trinajstić information content (AvgIpc) is 2.41. The van der Waals surface area contributed by atoms with Gasteiger partial charge in [0.25, 0.3) is 0 Å². The lowest BCUT2D eigenvalue weighted by molar-refractivity contribution is 0.0695. The van der Waals surface area contributed by atoms with Crippen LogP contribution in [0.3, 0.4) is 0 Å². The maximum atomic E-state index is 13.6. The van der Waals surface area contributed by atoms with Crippen LogP contribution in [0, 0.1) is 5.82 Å². The first kappa shape index (κ1) is 13.2. The van der Waals surface area contributed by atoms with E-state index in [1.165, 1.54) is 12.1 Å². The molecule has 0 saturated carbocycles. The van der Waals surface area contributed by atoms with E-state index < -0.39 is 11.8 Å². The van der Waals surface area contributed by atoms with E-state index in [1.54, 1.807) is 0 Å². The van der Waals surface area contributed by atoms with Crippen LogP contribution in [0.5, 0.6) is 0 Å². The molecule has 19 heavy (non-hydrogen) atoms. The molecular formula is C15H13FO3.